The summed E-state index contributed by atoms with van der Waals surface area (Å²) in [7, 11) is 0. The molecule has 2 aliphatic heterocycles. The molecule has 0 saturated carbocycles. The van der Waals surface area contributed by atoms with Gasteiger partial charge < -0.3 is 10.1 Å². The van der Waals surface area contributed by atoms with Crippen LogP contribution in [0.2, 0.25) is 0 Å². The van der Waals surface area contributed by atoms with Gasteiger partial charge in [0.1, 0.15) is 5.65 Å². The molecule has 20 heavy (non-hydrogen) atoms. The largest absolute Gasteiger partial charge is 0.481 e. The van der Waals surface area contributed by atoms with E-state index in [2.05, 4.69) is 20.9 Å². The number of hydrogen-bond donors (Lipinski definition) is 2. The summed E-state index contributed by atoms with van der Waals surface area (Å²) in [4.78, 5) is 21.2. The summed E-state index contributed by atoms with van der Waals surface area (Å²) in [6, 6.07) is 4.65. The predicted octanol–water partition coefficient (Wildman–Crippen LogP) is 2.00. The zero-order valence-corrected chi connectivity index (χ0v) is 11.1. The maximum absolute atomic E-state index is 11.3. The molecule has 0 spiro atoms. The van der Waals surface area contributed by atoms with Gasteiger partial charge in [-0.3, -0.25) is 9.69 Å². The maximum atomic E-state index is 11.3. The molecule has 2 bridgehead atoms. The minimum Gasteiger partial charge on any atom is -0.481 e. The van der Waals surface area contributed by atoms with Crippen LogP contribution in [0.4, 0.5) is 0 Å². The topological polar surface area (TPSA) is 69.2 Å². The van der Waals surface area contributed by atoms with Crippen molar-refractivity contribution in [1.29, 1.82) is 0 Å². The second-order valence-electron chi connectivity index (χ2n) is 5.86. The van der Waals surface area contributed by atoms with Crippen LogP contribution in [0.15, 0.2) is 24.5 Å². The molecule has 0 radical (unpaired) electrons. The molecule has 4 rings (SSSR count). The van der Waals surface area contributed by atoms with Gasteiger partial charge in [0.25, 0.3) is 0 Å². The fraction of sp³-hybridized carbons (Fsp3) is 0.467. The van der Waals surface area contributed by atoms with Crippen LogP contribution in [-0.2, 0) is 11.3 Å². The molecule has 2 aromatic rings. The van der Waals surface area contributed by atoms with Gasteiger partial charge in [-0.05, 0) is 37.0 Å². The number of aromatic amines is 1. The highest BCUT2D eigenvalue weighted by atomic mass is 16.4. The van der Waals surface area contributed by atoms with Crippen LogP contribution in [0.5, 0.6) is 0 Å². The average molecular weight is 271 g/mol. The summed E-state index contributed by atoms with van der Waals surface area (Å²) in [5, 5.41) is 10.5. The van der Waals surface area contributed by atoms with Crippen LogP contribution < -0.4 is 0 Å². The van der Waals surface area contributed by atoms with E-state index in [1.807, 2.05) is 12.3 Å². The van der Waals surface area contributed by atoms with Crippen LogP contribution in [0.25, 0.3) is 11.0 Å². The molecular formula is C15H17N3O2. The first-order valence-electron chi connectivity index (χ1n) is 7.13. The lowest BCUT2D eigenvalue weighted by molar-refractivity contribution is -0.142. The Morgan fingerprint density at radius 1 is 1.50 bits per heavy atom. The summed E-state index contributed by atoms with van der Waals surface area (Å²) in [5.74, 6) is -0.820. The van der Waals surface area contributed by atoms with E-state index in [4.69, 9.17) is 0 Å². The molecule has 5 nitrogen and oxygen atoms in total. The molecule has 2 N–H and O–H groups in total. The van der Waals surface area contributed by atoms with Crippen LogP contribution in [-0.4, -0.2) is 38.0 Å². The first-order chi connectivity index (χ1) is 9.74. The molecule has 0 aromatic carbocycles. The third kappa shape index (κ3) is 1.66. The highest BCUT2D eigenvalue weighted by Gasteiger charge is 2.49. The van der Waals surface area contributed by atoms with E-state index in [-0.39, 0.29) is 12.0 Å². The van der Waals surface area contributed by atoms with Gasteiger partial charge in [-0.15, -0.1) is 0 Å². The standard InChI is InChI=1S/C15H17N3O2/c19-15(20)12-6-10-3-4-13(12)18(10)8-9-7-17-14-11(9)2-1-5-16-14/h1-2,5,7,10,12-13H,3-4,6,8H2,(H,16,17)(H,19,20). The zero-order valence-electron chi connectivity index (χ0n) is 11.1. The molecule has 104 valence electrons. The summed E-state index contributed by atoms with van der Waals surface area (Å²) in [5.41, 5.74) is 2.12. The Kier molecular flexibility index (Phi) is 2.57. The fourth-order valence-electron chi connectivity index (χ4n) is 3.95. The van der Waals surface area contributed by atoms with Gasteiger partial charge in [0.05, 0.1) is 5.92 Å². The highest BCUT2D eigenvalue weighted by Crippen LogP contribution is 2.43. The SMILES string of the molecule is O=C(O)C1CC2CCC1N2Cc1c[nH]c2ncccc12. The Morgan fingerprint density at radius 3 is 3.20 bits per heavy atom. The molecular weight excluding hydrogens is 254 g/mol. The van der Waals surface area contributed by atoms with E-state index in [1.165, 1.54) is 5.56 Å². The average Bonchev–Trinajstić information content (AvgIpc) is 3.13. The number of carboxylic acids is 1. The molecule has 0 aliphatic carbocycles. The van der Waals surface area contributed by atoms with E-state index in [9.17, 15) is 9.90 Å². The number of aliphatic carboxylic acids is 1. The number of nitrogens with zero attached hydrogens (tertiary/aromatic N) is 2. The van der Waals surface area contributed by atoms with Crippen molar-refractivity contribution in [3.8, 4) is 0 Å². The number of rotatable bonds is 3. The Bertz CT molecular complexity index is 666. The number of carboxylic acid groups (broad SMARTS) is 1. The van der Waals surface area contributed by atoms with Crippen molar-refractivity contribution in [2.75, 3.05) is 0 Å². The molecule has 3 atom stereocenters. The maximum Gasteiger partial charge on any atom is 0.308 e. The lowest BCUT2D eigenvalue weighted by atomic mass is 9.89. The normalized spacial score (nSPS) is 29.3. The summed E-state index contributed by atoms with van der Waals surface area (Å²) < 4.78 is 0. The first-order valence-corrected chi connectivity index (χ1v) is 7.13. The van der Waals surface area contributed by atoms with Crippen molar-refractivity contribution in [3.05, 3.63) is 30.1 Å². The molecule has 2 aliphatic rings. The first kappa shape index (κ1) is 11.9. The number of hydrogen-bond acceptors (Lipinski definition) is 3. The third-order valence-corrected chi connectivity index (χ3v) is 4.89. The Morgan fingerprint density at radius 2 is 2.40 bits per heavy atom. The molecule has 2 saturated heterocycles. The number of H-pyrrole nitrogens is 1. The van der Waals surface area contributed by atoms with E-state index in [0.717, 1.165) is 36.8 Å². The molecule has 5 heteroatoms. The Balaban J connectivity index is 1.62. The van der Waals surface area contributed by atoms with Crippen LogP contribution in [0.1, 0.15) is 24.8 Å². The van der Waals surface area contributed by atoms with Crippen molar-refractivity contribution in [2.45, 2.75) is 37.9 Å². The number of pyridine rings is 1. The second kappa shape index (κ2) is 4.31. The predicted molar refractivity (Wildman–Crippen MR) is 74.2 cm³/mol. The lowest BCUT2D eigenvalue weighted by Gasteiger charge is -2.22. The van der Waals surface area contributed by atoms with E-state index < -0.39 is 5.97 Å². The van der Waals surface area contributed by atoms with Gasteiger partial charge in [0.15, 0.2) is 0 Å². The Hall–Kier alpha value is -1.88. The van der Waals surface area contributed by atoms with Gasteiger partial charge in [0, 0.05) is 36.4 Å². The number of aromatic nitrogens is 2. The zero-order chi connectivity index (χ0) is 13.7. The highest BCUT2D eigenvalue weighted by molar-refractivity contribution is 5.79. The monoisotopic (exact) mass is 271 g/mol. The molecule has 3 unspecified atom stereocenters. The van der Waals surface area contributed by atoms with E-state index >= 15 is 0 Å². The van der Waals surface area contributed by atoms with Crippen molar-refractivity contribution in [1.82, 2.24) is 14.9 Å². The molecule has 4 heterocycles. The van der Waals surface area contributed by atoms with Crippen molar-refractivity contribution >= 4 is 17.0 Å². The number of fused-ring (bicyclic) bond motifs is 3. The van der Waals surface area contributed by atoms with Gasteiger partial charge in [-0.25, -0.2) is 4.98 Å². The van der Waals surface area contributed by atoms with E-state index in [0.29, 0.717) is 6.04 Å². The quantitative estimate of drug-likeness (QED) is 0.896. The van der Waals surface area contributed by atoms with Gasteiger partial charge in [-0.1, -0.05) is 0 Å². The van der Waals surface area contributed by atoms with Gasteiger partial charge in [-0.2, -0.15) is 0 Å². The summed E-state index contributed by atoms with van der Waals surface area (Å²) in [6.07, 6.45) is 6.74. The summed E-state index contributed by atoms with van der Waals surface area (Å²) in [6.45, 7) is 0.824. The van der Waals surface area contributed by atoms with Crippen LogP contribution in [0, 0.1) is 5.92 Å². The van der Waals surface area contributed by atoms with Crippen molar-refractivity contribution < 1.29 is 9.90 Å². The van der Waals surface area contributed by atoms with Gasteiger partial charge >= 0.3 is 5.97 Å². The van der Waals surface area contributed by atoms with Crippen LogP contribution >= 0.6 is 0 Å². The minimum absolute atomic E-state index is 0.183. The fourth-order valence-corrected chi connectivity index (χ4v) is 3.95. The van der Waals surface area contributed by atoms with Crippen molar-refractivity contribution in [2.24, 2.45) is 5.92 Å². The number of carbonyl (C=O) groups is 1. The van der Waals surface area contributed by atoms with Gasteiger partial charge in [0.2, 0.25) is 0 Å². The Labute approximate surface area is 116 Å². The smallest absolute Gasteiger partial charge is 0.308 e. The number of nitrogens with one attached hydrogen (secondary N) is 1. The summed E-state index contributed by atoms with van der Waals surface area (Å²) >= 11 is 0. The molecule has 2 aromatic heterocycles. The van der Waals surface area contributed by atoms with Crippen LogP contribution in [0.3, 0.4) is 0 Å². The molecule has 2 fully saturated rings. The van der Waals surface area contributed by atoms with E-state index in [1.54, 1.807) is 6.20 Å². The minimum atomic E-state index is -0.636. The lowest BCUT2D eigenvalue weighted by Crippen LogP contribution is -2.32. The second-order valence-corrected chi connectivity index (χ2v) is 5.86. The molecule has 0 amide bonds. The van der Waals surface area contributed by atoms with Crippen molar-refractivity contribution in [3.63, 3.8) is 0 Å². The third-order valence-electron chi connectivity index (χ3n) is 4.89.